The molecule has 0 radical (unpaired) electrons. The van der Waals surface area contributed by atoms with Crippen LogP contribution in [-0.2, 0) is 24.7 Å². The molecule has 0 aromatic heterocycles. The van der Waals surface area contributed by atoms with Crippen LogP contribution in [0.4, 0.5) is 5.69 Å². The van der Waals surface area contributed by atoms with Crippen LogP contribution in [0.1, 0.15) is 38.7 Å². The number of fused-ring (bicyclic) bond motifs is 4. The zero-order valence-electron chi connectivity index (χ0n) is 16.1. The van der Waals surface area contributed by atoms with Crippen molar-refractivity contribution in [2.45, 2.75) is 50.7 Å². The number of likely N-dealkylation sites (tertiary alicyclic amines) is 1. The number of rotatable bonds is 5. The van der Waals surface area contributed by atoms with Crippen LogP contribution in [0.5, 0.6) is 0 Å². The number of halogens is 1. The first-order valence-electron chi connectivity index (χ1n) is 9.70. The fourth-order valence-corrected chi connectivity index (χ4v) is 5.18. The zero-order valence-corrected chi connectivity index (χ0v) is 16.8. The van der Waals surface area contributed by atoms with E-state index in [0.29, 0.717) is 22.7 Å². The first-order valence-corrected chi connectivity index (χ1v) is 10.1. The van der Waals surface area contributed by atoms with E-state index in [-0.39, 0.29) is 24.8 Å². The molecule has 0 unspecified atom stereocenters. The van der Waals surface area contributed by atoms with Gasteiger partial charge in [-0.3, -0.25) is 29.4 Å². The second-order valence-corrected chi connectivity index (χ2v) is 8.32. The maximum Gasteiger partial charge on any atom is 0.303 e. The molecule has 1 aromatic rings. The van der Waals surface area contributed by atoms with E-state index >= 15 is 0 Å². The van der Waals surface area contributed by atoms with Crippen molar-refractivity contribution in [1.29, 1.82) is 0 Å². The van der Waals surface area contributed by atoms with Gasteiger partial charge in [-0.15, -0.1) is 0 Å². The Kier molecular flexibility index (Phi) is 4.66. The Balaban J connectivity index is 1.86. The molecule has 5 atom stereocenters. The number of anilines is 1. The Bertz CT molecular complexity index is 935. The predicted molar refractivity (Wildman–Crippen MR) is 104 cm³/mol. The molecule has 2 fully saturated rings. The first-order chi connectivity index (χ1) is 13.7. The standard InChI is InChI=1S/C20H22ClN3O5/c1-3-9(2)24-17(27)14-12(7-8-13(25)26)23-20(15(14)18(24)28)10-5-4-6-11(21)16(10)22-19(20)29/h4-6,9,12,14-15,23H,3,7-8H2,1-2H3,(H,22,29)(H,25,26)/t9-,12-,14+,15-,20-/m0/s1. The largest absolute Gasteiger partial charge is 0.481 e. The Morgan fingerprint density at radius 3 is 2.69 bits per heavy atom. The molecule has 1 aromatic carbocycles. The number of imide groups is 1. The van der Waals surface area contributed by atoms with Crippen LogP contribution in [0, 0.1) is 11.8 Å². The van der Waals surface area contributed by atoms with Gasteiger partial charge in [0, 0.05) is 24.1 Å². The van der Waals surface area contributed by atoms with Gasteiger partial charge in [-0.05, 0) is 25.8 Å². The van der Waals surface area contributed by atoms with E-state index < -0.39 is 41.2 Å². The highest BCUT2D eigenvalue weighted by Gasteiger charge is 2.70. The average Bonchev–Trinajstić information content (AvgIpc) is 3.26. The van der Waals surface area contributed by atoms with Crippen molar-refractivity contribution in [2.24, 2.45) is 11.8 Å². The van der Waals surface area contributed by atoms with E-state index in [1.54, 1.807) is 25.1 Å². The summed E-state index contributed by atoms with van der Waals surface area (Å²) in [6.07, 6.45) is 0.548. The molecule has 9 heteroatoms. The second-order valence-electron chi connectivity index (χ2n) is 7.91. The second kappa shape index (κ2) is 6.81. The number of nitrogens with zero attached hydrogens (tertiary/aromatic N) is 1. The van der Waals surface area contributed by atoms with Gasteiger partial charge >= 0.3 is 5.97 Å². The predicted octanol–water partition coefficient (Wildman–Crippen LogP) is 1.72. The van der Waals surface area contributed by atoms with E-state index in [1.807, 2.05) is 6.92 Å². The third kappa shape index (κ3) is 2.62. The van der Waals surface area contributed by atoms with E-state index in [9.17, 15) is 19.2 Å². The van der Waals surface area contributed by atoms with E-state index in [4.69, 9.17) is 16.7 Å². The Morgan fingerprint density at radius 1 is 1.31 bits per heavy atom. The van der Waals surface area contributed by atoms with Gasteiger partial charge in [0.15, 0.2) is 0 Å². The number of carbonyl (C=O) groups excluding carboxylic acids is 3. The van der Waals surface area contributed by atoms with E-state index in [0.717, 1.165) is 0 Å². The van der Waals surface area contributed by atoms with Crippen LogP contribution in [0.2, 0.25) is 5.02 Å². The smallest absolute Gasteiger partial charge is 0.303 e. The van der Waals surface area contributed by atoms with Gasteiger partial charge in [0.05, 0.1) is 22.5 Å². The number of hydrogen-bond donors (Lipinski definition) is 3. The highest BCUT2D eigenvalue weighted by atomic mass is 35.5. The summed E-state index contributed by atoms with van der Waals surface area (Å²) in [5.74, 6) is -3.94. The van der Waals surface area contributed by atoms with Gasteiger partial charge in [-0.2, -0.15) is 0 Å². The first kappa shape index (κ1) is 19.8. The number of carboxylic acid groups (broad SMARTS) is 1. The van der Waals surface area contributed by atoms with Gasteiger partial charge in [-0.1, -0.05) is 30.7 Å². The summed E-state index contributed by atoms with van der Waals surface area (Å²) in [6.45, 7) is 3.68. The number of carbonyl (C=O) groups is 4. The topological polar surface area (TPSA) is 116 Å². The lowest BCUT2D eigenvalue weighted by atomic mass is 9.76. The molecule has 154 valence electrons. The van der Waals surface area contributed by atoms with Gasteiger partial charge in [0.2, 0.25) is 17.7 Å². The molecule has 29 heavy (non-hydrogen) atoms. The molecule has 0 bridgehead atoms. The van der Waals surface area contributed by atoms with Crippen molar-refractivity contribution in [3.8, 4) is 0 Å². The van der Waals surface area contributed by atoms with Gasteiger partial charge < -0.3 is 10.4 Å². The normalized spacial score (nSPS) is 31.2. The third-order valence-corrected chi connectivity index (χ3v) is 6.75. The lowest BCUT2D eigenvalue weighted by molar-refractivity contribution is -0.145. The van der Waals surface area contributed by atoms with Crippen LogP contribution >= 0.6 is 11.6 Å². The van der Waals surface area contributed by atoms with E-state index in [2.05, 4.69) is 10.6 Å². The number of benzene rings is 1. The van der Waals surface area contributed by atoms with Crippen LogP contribution < -0.4 is 10.6 Å². The summed E-state index contributed by atoms with van der Waals surface area (Å²) in [6, 6.07) is 4.13. The molecule has 3 N–H and O–H groups in total. The highest BCUT2D eigenvalue weighted by Crippen LogP contribution is 2.54. The van der Waals surface area contributed by atoms with Crippen LogP contribution in [0.15, 0.2) is 18.2 Å². The molecule has 4 rings (SSSR count). The molecule has 3 aliphatic heterocycles. The maximum absolute atomic E-state index is 13.4. The van der Waals surface area contributed by atoms with Crippen LogP contribution in [0.25, 0.3) is 0 Å². The number of amides is 3. The molecule has 8 nitrogen and oxygen atoms in total. The summed E-state index contributed by atoms with van der Waals surface area (Å²) in [5.41, 5.74) is -0.496. The minimum absolute atomic E-state index is 0.134. The SMILES string of the molecule is CC[C@H](C)N1C(=O)[C@@H]2[C@H](CCC(=O)O)N[C@]3(C(=O)Nc4c(Cl)cccc43)[C@@H]2C1=O. The Morgan fingerprint density at radius 2 is 2.03 bits per heavy atom. The van der Waals surface area contributed by atoms with Crippen molar-refractivity contribution >= 4 is 41.0 Å². The molecule has 2 saturated heterocycles. The highest BCUT2D eigenvalue weighted by molar-refractivity contribution is 6.35. The van der Waals surface area contributed by atoms with Gasteiger partial charge in [0.25, 0.3) is 0 Å². The summed E-state index contributed by atoms with van der Waals surface area (Å²) in [4.78, 5) is 52.3. The molecule has 0 aliphatic carbocycles. The molecule has 1 spiro atoms. The van der Waals surface area contributed by atoms with Crippen molar-refractivity contribution in [2.75, 3.05) is 5.32 Å². The maximum atomic E-state index is 13.4. The lowest BCUT2D eigenvalue weighted by Gasteiger charge is -2.31. The minimum atomic E-state index is -1.44. The van der Waals surface area contributed by atoms with Gasteiger partial charge in [0.1, 0.15) is 5.54 Å². The molecular formula is C20H22ClN3O5. The Hall–Kier alpha value is -2.45. The fraction of sp³-hybridized carbons (Fsp3) is 0.500. The monoisotopic (exact) mass is 419 g/mol. The summed E-state index contributed by atoms with van der Waals surface area (Å²) in [7, 11) is 0. The molecule has 3 amide bonds. The summed E-state index contributed by atoms with van der Waals surface area (Å²) < 4.78 is 0. The van der Waals surface area contributed by atoms with Crippen molar-refractivity contribution in [1.82, 2.24) is 10.2 Å². The van der Waals surface area contributed by atoms with Crippen molar-refractivity contribution < 1.29 is 24.3 Å². The minimum Gasteiger partial charge on any atom is -0.481 e. The summed E-state index contributed by atoms with van der Waals surface area (Å²) >= 11 is 6.26. The molecule has 3 heterocycles. The molecular weight excluding hydrogens is 398 g/mol. The van der Waals surface area contributed by atoms with Crippen LogP contribution in [0.3, 0.4) is 0 Å². The van der Waals surface area contributed by atoms with Crippen LogP contribution in [-0.4, -0.2) is 45.8 Å². The average molecular weight is 420 g/mol. The van der Waals surface area contributed by atoms with Gasteiger partial charge in [-0.25, -0.2) is 0 Å². The number of nitrogens with one attached hydrogen (secondary N) is 2. The number of hydrogen-bond acceptors (Lipinski definition) is 5. The van der Waals surface area contributed by atoms with E-state index in [1.165, 1.54) is 4.90 Å². The number of para-hydroxylation sites is 1. The summed E-state index contributed by atoms with van der Waals surface area (Å²) in [5, 5.41) is 15.4. The quantitative estimate of drug-likeness (QED) is 0.626. The van der Waals surface area contributed by atoms with Crippen molar-refractivity contribution in [3.63, 3.8) is 0 Å². The number of aliphatic carboxylic acids is 1. The lowest BCUT2D eigenvalue weighted by Crippen LogP contribution is -2.54. The molecule has 3 aliphatic rings. The fourth-order valence-electron chi connectivity index (χ4n) is 4.96. The number of carboxylic acids is 1. The third-order valence-electron chi connectivity index (χ3n) is 6.43. The zero-order chi connectivity index (χ0) is 21.1. The molecule has 0 saturated carbocycles. The Labute approximate surface area is 172 Å². The van der Waals surface area contributed by atoms with Crippen molar-refractivity contribution in [3.05, 3.63) is 28.8 Å².